The average molecular weight is 368 g/mol. The fourth-order valence-corrected chi connectivity index (χ4v) is 3.23. The number of unbranched alkanes of at least 4 members (excludes halogenated alkanes) is 5. The second-order valence-corrected chi connectivity index (χ2v) is 8.62. The summed E-state index contributed by atoms with van der Waals surface area (Å²) < 4.78 is 12.6. The van der Waals surface area contributed by atoms with Gasteiger partial charge in [0.25, 0.3) is 0 Å². The first-order chi connectivity index (χ1) is 12.9. The summed E-state index contributed by atoms with van der Waals surface area (Å²) in [4.78, 5) is 0. The van der Waals surface area contributed by atoms with E-state index in [-0.39, 0.29) is 18.3 Å². The summed E-state index contributed by atoms with van der Waals surface area (Å²) in [7, 11) is -0.244. The molecule has 3 heteroatoms. The van der Waals surface area contributed by atoms with Gasteiger partial charge in [-0.3, -0.25) is 0 Å². The predicted molar refractivity (Wildman–Crippen MR) is 118 cm³/mol. The standard InChI is InChI=1S/C24H37BO2/c1-6-7-8-9-10-14-19-22(20-15-18-21-16-12-11-13-17-21)25-26-23(2,3)24(4,5)27-25/h11-13,15-18,20H,6-10,14,19H2,1-5H3/b18-15+,22-20-. The molecule has 0 radical (unpaired) electrons. The van der Waals surface area contributed by atoms with E-state index in [1.165, 1.54) is 49.6 Å². The summed E-state index contributed by atoms with van der Waals surface area (Å²) in [5.41, 5.74) is 1.88. The lowest BCUT2D eigenvalue weighted by atomic mass is 9.75. The van der Waals surface area contributed by atoms with Crippen LogP contribution in [0.3, 0.4) is 0 Å². The van der Waals surface area contributed by atoms with Gasteiger partial charge in [0.2, 0.25) is 0 Å². The van der Waals surface area contributed by atoms with Crippen molar-refractivity contribution in [2.24, 2.45) is 0 Å². The highest BCUT2D eigenvalue weighted by Gasteiger charge is 2.52. The molecule has 0 amide bonds. The van der Waals surface area contributed by atoms with Gasteiger partial charge in [0.1, 0.15) is 0 Å². The Morgan fingerprint density at radius 3 is 2.11 bits per heavy atom. The molecule has 1 aromatic carbocycles. The molecule has 0 unspecified atom stereocenters. The smallest absolute Gasteiger partial charge is 0.400 e. The second-order valence-electron chi connectivity index (χ2n) is 8.62. The van der Waals surface area contributed by atoms with E-state index in [0.717, 1.165) is 6.42 Å². The van der Waals surface area contributed by atoms with E-state index in [4.69, 9.17) is 9.31 Å². The van der Waals surface area contributed by atoms with Gasteiger partial charge in [0.15, 0.2) is 0 Å². The quantitative estimate of drug-likeness (QED) is 0.251. The summed E-state index contributed by atoms with van der Waals surface area (Å²) in [5, 5.41) is 0. The number of rotatable bonds is 10. The molecule has 1 aliphatic heterocycles. The van der Waals surface area contributed by atoms with Gasteiger partial charge >= 0.3 is 7.12 Å². The first-order valence-corrected chi connectivity index (χ1v) is 10.6. The molecule has 27 heavy (non-hydrogen) atoms. The maximum Gasteiger partial charge on any atom is 0.490 e. The third kappa shape index (κ3) is 6.66. The Balaban J connectivity index is 2.02. The Morgan fingerprint density at radius 1 is 0.889 bits per heavy atom. The van der Waals surface area contributed by atoms with Gasteiger partial charge in [-0.25, -0.2) is 0 Å². The molecule has 1 saturated heterocycles. The van der Waals surface area contributed by atoms with Gasteiger partial charge in [-0.05, 0) is 45.2 Å². The molecule has 0 aromatic heterocycles. The van der Waals surface area contributed by atoms with Crippen molar-refractivity contribution in [2.75, 3.05) is 0 Å². The third-order valence-electron chi connectivity index (χ3n) is 5.77. The summed E-state index contributed by atoms with van der Waals surface area (Å²) in [6.07, 6.45) is 15.3. The number of hydrogen-bond donors (Lipinski definition) is 0. The minimum atomic E-state index is -0.291. The van der Waals surface area contributed by atoms with E-state index in [0.29, 0.717) is 0 Å². The lowest BCUT2D eigenvalue weighted by Gasteiger charge is -2.32. The van der Waals surface area contributed by atoms with Gasteiger partial charge < -0.3 is 9.31 Å². The maximum atomic E-state index is 6.30. The van der Waals surface area contributed by atoms with Crippen LogP contribution in [0, 0.1) is 0 Å². The van der Waals surface area contributed by atoms with E-state index in [1.54, 1.807) is 0 Å². The normalized spacial score (nSPS) is 19.1. The van der Waals surface area contributed by atoms with Crippen molar-refractivity contribution in [3.05, 3.63) is 53.5 Å². The van der Waals surface area contributed by atoms with Gasteiger partial charge in [-0.2, -0.15) is 0 Å². The minimum absolute atomic E-state index is 0.244. The van der Waals surface area contributed by atoms with Gasteiger partial charge in [-0.15, -0.1) is 0 Å². The van der Waals surface area contributed by atoms with Crippen molar-refractivity contribution >= 4 is 13.2 Å². The van der Waals surface area contributed by atoms with E-state index in [2.05, 4.69) is 77.1 Å². The number of hydrogen-bond acceptors (Lipinski definition) is 2. The van der Waals surface area contributed by atoms with Crippen molar-refractivity contribution in [2.45, 2.75) is 90.8 Å². The highest BCUT2D eigenvalue weighted by molar-refractivity contribution is 6.54. The lowest BCUT2D eigenvalue weighted by Crippen LogP contribution is -2.41. The summed E-state index contributed by atoms with van der Waals surface area (Å²) in [6.45, 7) is 10.7. The zero-order valence-electron chi connectivity index (χ0n) is 18.0. The summed E-state index contributed by atoms with van der Waals surface area (Å²) in [5.74, 6) is 0. The second kappa shape index (κ2) is 10.3. The molecule has 2 nitrogen and oxygen atoms in total. The zero-order chi connectivity index (χ0) is 19.8. The first kappa shape index (κ1) is 22.0. The molecule has 2 rings (SSSR count). The van der Waals surface area contributed by atoms with Gasteiger partial charge in [-0.1, -0.05) is 94.0 Å². The van der Waals surface area contributed by atoms with Crippen molar-refractivity contribution in [3.63, 3.8) is 0 Å². The van der Waals surface area contributed by atoms with Crippen LogP contribution in [0.4, 0.5) is 0 Å². The Kier molecular flexibility index (Phi) is 8.38. The Labute approximate surface area is 167 Å². The van der Waals surface area contributed by atoms with E-state index >= 15 is 0 Å². The molecular weight excluding hydrogens is 331 g/mol. The van der Waals surface area contributed by atoms with E-state index in [9.17, 15) is 0 Å². The third-order valence-corrected chi connectivity index (χ3v) is 5.77. The van der Waals surface area contributed by atoms with Crippen LogP contribution in [-0.2, 0) is 9.31 Å². The van der Waals surface area contributed by atoms with Crippen LogP contribution in [0.5, 0.6) is 0 Å². The summed E-state index contributed by atoms with van der Waals surface area (Å²) in [6, 6.07) is 10.4. The molecule has 1 aromatic rings. The van der Waals surface area contributed by atoms with Crippen LogP contribution in [0.2, 0.25) is 0 Å². The molecule has 1 heterocycles. The van der Waals surface area contributed by atoms with E-state index in [1.807, 2.05) is 6.07 Å². The van der Waals surface area contributed by atoms with Crippen molar-refractivity contribution in [1.29, 1.82) is 0 Å². The monoisotopic (exact) mass is 368 g/mol. The van der Waals surface area contributed by atoms with Gasteiger partial charge in [0, 0.05) is 0 Å². The molecule has 0 spiro atoms. The molecule has 1 fully saturated rings. The molecule has 0 saturated carbocycles. The fourth-order valence-electron chi connectivity index (χ4n) is 3.23. The van der Waals surface area contributed by atoms with Crippen molar-refractivity contribution in [1.82, 2.24) is 0 Å². The predicted octanol–water partition coefficient (Wildman–Crippen LogP) is 7.01. The minimum Gasteiger partial charge on any atom is -0.400 e. The number of benzene rings is 1. The first-order valence-electron chi connectivity index (χ1n) is 10.6. The molecule has 0 atom stereocenters. The molecule has 0 N–H and O–H groups in total. The molecule has 1 aliphatic rings. The van der Waals surface area contributed by atoms with Crippen molar-refractivity contribution < 1.29 is 9.31 Å². The zero-order valence-corrected chi connectivity index (χ0v) is 18.0. The number of allylic oxidation sites excluding steroid dienone is 3. The maximum absolute atomic E-state index is 6.30. The van der Waals surface area contributed by atoms with Crippen molar-refractivity contribution in [3.8, 4) is 0 Å². The van der Waals surface area contributed by atoms with Crippen LogP contribution in [-0.4, -0.2) is 18.3 Å². The molecular formula is C24H37BO2. The Bertz CT molecular complexity index is 601. The molecule has 148 valence electrons. The SMILES string of the molecule is CCCCCCCC/C(=C/C=C/c1ccccc1)B1OC(C)(C)C(C)(C)O1. The molecule has 0 aliphatic carbocycles. The Hall–Kier alpha value is -1.32. The largest absolute Gasteiger partial charge is 0.490 e. The lowest BCUT2D eigenvalue weighted by molar-refractivity contribution is 0.00578. The summed E-state index contributed by atoms with van der Waals surface area (Å²) >= 11 is 0. The Morgan fingerprint density at radius 2 is 1.48 bits per heavy atom. The molecule has 0 bridgehead atoms. The highest BCUT2D eigenvalue weighted by Crippen LogP contribution is 2.39. The van der Waals surface area contributed by atoms with Crippen LogP contribution < -0.4 is 0 Å². The van der Waals surface area contributed by atoms with E-state index < -0.39 is 0 Å². The highest BCUT2D eigenvalue weighted by atomic mass is 16.7. The average Bonchev–Trinajstić information content (AvgIpc) is 2.84. The topological polar surface area (TPSA) is 18.5 Å². The fraction of sp³-hybridized carbons (Fsp3) is 0.583. The van der Waals surface area contributed by atoms with Crippen LogP contribution in [0.15, 0.2) is 48.0 Å². The van der Waals surface area contributed by atoms with Crippen LogP contribution in [0.25, 0.3) is 6.08 Å². The van der Waals surface area contributed by atoms with Crippen LogP contribution >= 0.6 is 0 Å². The van der Waals surface area contributed by atoms with Crippen LogP contribution in [0.1, 0.15) is 85.1 Å². The van der Waals surface area contributed by atoms with Gasteiger partial charge in [0.05, 0.1) is 11.2 Å².